The van der Waals surface area contributed by atoms with Crippen molar-refractivity contribution in [2.45, 2.75) is 5.50 Å². The third-order valence-electron chi connectivity index (χ3n) is 1.19. The van der Waals surface area contributed by atoms with Gasteiger partial charge < -0.3 is 4.74 Å². The first-order valence-corrected chi connectivity index (χ1v) is 3.03. The molecule has 1 unspecified atom stereocenters. The van der Waals surface area contributed by atoms with E-state index in [1.807, 2.05) is 11.9 Å². The minimum absolute atomic E-state index is 0.0382. The van der Waals surface area contributed by atoms with Crippen molar-refractivity contribution in [3.05, 3.63) is 6.61 Å². The fourth-order valence-corrected chi connectivity index (χ4v) is 0.742. The molecule has 1 aliphatic heterocycles. The largest absolute Gasteiger partial charge is 0.371 e. The first kappa shape index (κ1) is 6.33. The number of alkyl halides is 1. The maximum Gasteiger partial charge on any atom is 0.116 e. The SMILES string of the molecule is CN1CCO[CH]C1Cl. The Balaban J connectivity index is 2.28. The van der Waals surface area contributed by atoms with Crippen LogP contribution in [-0.2, 0) is 4.74 Å². The van der Waals surface area contributed by atoms with E-state index >= 15 is 0 Å². The van der Waals surface area contributed by atoms with E-state index in [1.165, 1.54) is 0 Å². The van der Waals surface area contributed by atoms with Crippen molar-refractivity contribution in [3.63, 3.8) is 0 Å². The van der Waals surface area contributed by atoms with E-state index in [1.54, 1.807) is 6.61 Å². The molecule has 1 radical (unpaired) electrons. The molecule has 2 nitrogen and oxygen atoms in total. The molecule has 1 fully saturated rings. The van der Waals surface area contributed by atoms with Crippen LogP contribution in [0.25, 0.3) is 0 Å². The zero-order chi connectivity index (χ0) is 5.98. The lowest BCUT2D eigenvalue weighted by atomic mass is 10.5. The Hall–Kier alpha value is 0.210. The fourth-order valence-electron chi connectivity index (χ4n) is 0.571. The van der Waals surface area contributed by atoms with Crippen LogP contribution in [0.1, 0.15) is 0 Å². The van der Waals surface area contributed by atoms with Gasteiger partial charge in [-0.1, -0.05) is 0 Å². The van der Waals surface area contributed by atoms with Gasteiger partial charge in [-0.2, -0.15) is 0 Å². The zero-order valence-electron chi connectivity index (χ0n) is 4.80. The average molecular weight is 135 g/mol. The molecule has 0 spiro atoms. The van der Waals surface area contributed by atoms with Crippen LogP contribution in [0.2, 0.25) is 0 Å². The summed E-state index contributed by atoms with van der Waals surface area (Å²) in [5.74, 6) is 0. The van der Waals surface area contributed by atoms with Crippen molar-refractivity contribution in [1.29, 1.82) is 0 Å². The van der Waals surface area contributed by atoms with Gasteiger partial charge in [0.05, 0.1) is 6.61 Å². The summed E-state index contributed by atoms with van der Waals surface area (Å²) in [6.07, 6.45) is 0. The van der Waals surface area contributed by atoms with Crippen molar-refractivity contribution in [3.8, 4) is 0 Å². The second-order valence-electron chi connectivity index (χ2n) is 1.86. The molecule has 0 aliphatic carbocycles. The van der Waals surface area contributed by atoms with Crippen LogP contribution in [-0.4, -0.2) is 30.6 Å². The van der Waals surface area contributed by atoms with Gasteiger partial charge in [-0.25, -0.2) is 0 Å². The Morgan fingerprint density at radius 3 is 3.00 bits per heavy atom. The molecule has 1 rings (SSSR count). The van der Waals surface area contributed by atoms with Crippen molar-refractivity contribution in [2.24, 2.45) is 0 Å². The highest BCUT2D eigenvalue weighted by atomic mass is 35.5. The number of halogens is 1. The molecule has 0 saturated carbocycles. The van der Waals surface area contributed by atoms with E-state index in [-0.39, 0.29) is 5.50 Å². The Morgan fingerprint density at radius 2 is 2.62 bits per heavy atom. The first-order valence-electron chi connectivity index (χ1n) is 2.60. The van der Waals surface area contributed by atoms with Gasteiger partial charge in [-0.05, 0) is 7.05 Å². The molecule has 47 valence electrons. The van der Waals surface area contributed by atoms with Gasteiger partial charge in [0.1, 0.15) is 12.1 Å². The second-order valence-corrected chi connectivity index (χ2v) is 2.31. The smallest absolute Gasteiger partial charge is 0.116 e. The number of hydrogen-bond acceptors (Lipinski definition) is 2. The number of likely N-dealkylation sites (N-methyl/N-ethyl adjacent to an activating group) is 1. The van der Waals surface area contributed by atoms with E-state index in [2.05, 4.69) is 0 Å². The average Bonchev–Trinajstić information content (AvgIpc) is 1.77. The Bertz CT molecular complexity index is 68.8. The molecule has 8 heavy (non-hydrogen) atoms. The van der Waals surface area contributed by atoms with Crippen molar-refractivity contribution in [2.75, 3.05) is 20.2 Å². The summed E-state index contributed by atoms with van der Waals surface area (Å²) in [4.78, 5) is 2.02. The standard InChI is InChI=1S/C5H9ClNO/c1-7-2-3-8-4-5(7)6/h4-5H,2-3H2,1H3. The summed E-state index contributed by atoms with van der Waals surface area (Å²) >= 11 is 5.71. The predicted octanol–water partition coefficient (Wildman–Crippen LogP) is 0.675. The van der Waals surface area contributed by atoms with Gasteiger partial charge in [0.25, 0.3) is 0 Å². The minimum atomic E-state index is -0.0382. The van der Waals surface area contributed by atoms with Crippen LogP contribution in [0.5, 0.6) is 0 Å². The Kier molecular flexibility index (Phi) is 2.11. The lowest BCUT2D eigenvalue weighted by Crippen LogP contribution is -2.36. The van der Waals surface area contributed by atoms with E-state index in [9.17, 15) is 0 Å². The second kappa shape index (κ2) is 2.67. The summed E-state index contributed by atoms with van der Waals surface area (Å²) in [5.41, 5.74) is -0.0382. The van der Waals surface area contributed by atoms with Crippen molar-refractivity contribution in [1.82, 2.24) is 4.90 Å². The third kappa shape index (κ3) is 1.34. The van der Waals surface area contributed by atoms with E-state index in [0.717, 1.165) is 13.2 Å². The van der Waals surface area contributed by atoms with Gasteiger partial charge in [0.15, 0.2) is 0 Å². The van der Waals surface area contributed by atoms with Crippen LogP contribution in [0.3, 0.4) is 0 Å². The fraction of sp³-hybridized carbons (Fsp3) is 0.800. The van der Waals surface area contributed by atoms with Crippen molar-refractivity contribution < 1.29 is 4.74 Å². The molecule has 1 atom stereocenters. The normalized spacial score (nSPS) is 33.0. The Labute approximate surface area is 54.4 Å². The molecule has 0 N–H and O–H groups in total. The first-order chi connectivity index (χ1) is 3.80. The Morgan fingerprint density at radius 1 is 1.88 bits per heavy atom. The highest BCUT2D eigenvalue weighted by Gasteiger charge is 2.15. The highest BCUT2D eigenvalue weighted by molar-refractivity contribution is 6.21. The summed E-state index contributed by atoms with van der Waals surface area (Å²) in [6, 6.07) is 0. The predicted molar refractivity (Wildman–Crippen MR) is 32.5 cm³/mol. The zero-order valence-corrected chi connectivity index (χ0v) is 5.56. The number of nitrogens with zero attached hydrogens (tertiary/aromatic N) is 1. The lowest BCUT2D eigenvalue weighted by Gasteiger charge is -2.26. The third-order valence-corrected chi connectivity index (χ3v) is 1.63. The lowest BCUT2D eigenvalue weighted by molar-refractivity contribution is 0.0859. The van der Waals surface area contributed by atoms with E-state index in [0.29, 0.717) is 0 Å². The summed E-state index contributed by atoms with van der Waals surface area (Å²) in [6.45, 7) is 3.33. The molecule has 1 heterocycles. The molecular weight excluding hydrogens is 126 g/mol. The van der Waals surface area contributed by atoms with E-state index in [4.69, 9.17) is 16.3 Å². The highest BCUT2D eigenvalue weighted by Crippen LogP contribution is 2.10. The minimum Gasteiger partial charge on any atom is -0.371 e. The van der Waals surface area contributed by atoms with Crippen molar-refractivity contribution >= 4 is 11.6 Å². The number of ether oxygens (including phenoxy) is 1. The van der Waals surface area contributed by atoms with Crippen LogP contribution in [0.4, 0.5) is 0 Å². The molecule has 1 saturated heterocycles. The molecular formula is C5H9ClNO. The molecule has 0 aromatic heterocycles. The number of rotatable bonds is 0. The maximum atomic E-state index is 5.71. The van der Waals surface area contributed by atoms with Gasteiger partial charge in [-0.3, -0.25) is 4.90 Å². The van der Waals surface area contributed by atoms with Crippen LogP contribution in [0.15, 0.2) is 0 Å². The number of hydrogen-bond donors (Lipinski definition) is 0. The van der Waals surface area contributed by atoms with Gasteiger partial charge >= 0.3 is 0 Å². The van der Waals surface area contributed by atoms with Crippen LogP contribution < -0.4 is 0 Å². The van der Waals surface area contributed by atoms with Crippen LogP contribution >= 0.6 is 11.6 Å². The summed E-state index contributed by atoms with van der Waals surface area (Å²) in [7, 11) is 1.97. The summed E-state index contributed by atoms with van der Waals surface area (Å²) in [5, 5.41) is 0. The summed E-state index contributed by atoms with van der Waals surface area (Å²) < 4.78 is 4.95. The number of morpholine rings is 1. The monoisotopic (exact) mass is 134 g/mol. The molecule has 0 amide bonds. The molecule has 0 bridgehead atoms. The maximum absolute atomic E-state index is 5.71. The molecule has 1 aliphatic rings. The molecule has 0 aromatic carbocycles. The quantitative estimate of drug-likeness (QED) is 0.357. The van der Waals surface area contributed by atoms with E-state index < -0.39 is 0 Å². The molecule has 0 aromatic rings. The topological polar surface area (TPSA) is 12.5 Å². The van der Waals surface area contributed by atoms with Crippen LogP contribution in [0, 0.1) is 6.61 Å². The molecule has 3 heteroatoms. The van der Waals surface area contributed by atoms with Gasteiger partial charge in [0, 0.05) is 6.54 Å². The van der Waals surface area contributed by atoms with Gasteiger partial charge in [0.2, 0.25) is 0 Å². The van der Waals surface area contributed by atoms with Gasteiger partial charge in [-0.15, -0.1) is 11.6 Å².